The van der Waals surface area contributed by atoms with E-state index < -0.39 is 5.97 Å². The van der Waals surface area contributed by atoms with Crippen LogP contribution in [0, 0.1) is 0 Å². The van der Waals surface area contributed by atoms with Crippen molar-refractivity contribution in [2.45, 2.75) is 13.3 Å². The van der Waals surface area contributed by atoms with Crippen molar-refractivity contribution in [2.75, 3.05) is 0 Å². The van der Waals surface area contributed by atoms with E-state index in [2.05, 4.69) is 6.58 Å². The van der Waals surface area contributed by atoms with Gasteiger partial charge in [-0.25, -0.2) is 0 Å². The largest absolute Gasteiger partial charge is 0.508 e. The minimum absolute atomic E-state index is 0.234. The van der Waals surface area contributed by atoms with Gasteiger partial charge in [-0.15, -0.1) is 6.58 Å². The highest BCUT2D eigenvalue weighted by atomic mass is 35.5. The summed E-state index contributed by atoms with van der Waals surface area (Å²) in [4.78, 5) is 9.00. The number of carboxylic acids is 1. The normalized spacial score (nSPS) is 8.67. The summed E-state index contributed by atoms with van der Waals surface area (Å²) in [6, 6.07) is 5.07. The third-order valence-electron chi connectivity index (χ3n) is 1.41. The molecule has 0 fully saturated rings. The van der Waals surface area contributed by atoms with E-state index in [0.717, 1.165) is 12.5 Å². The van der Waals surface area contributed by atoms with Crippen LogP contribution in [0.15, 0.2) is 30.9 Å². The quantitative estimate of drug-likeness (QED) is 0.766. The van der Waals surface area contributed by atoms with Gasteiger partial charge in [0.05, 0.1) is 0 Å². The topological polar surface area (TPSA) is 57.5 Å². The fourth-order valence-corrected chi connectivity index (χ4v) is 1.03. The monoisotopic (exact) mass is 228 g/mol. The number of carbonyl (C=O) groups is 1. The second kappa shape index (κ2) is 6.90. The van der Waals surface area contributed by atoms with E-state index in [1.165, 1.54) is 6.07 Å². The molecule has 0 aliphatic carbocycles. The van der Waals surface area contributed by atoms with Crippen LogP contribution in [0.25, 0.3) is 0 Å². The molecule has 82 valence electrons. The molecule has 1 aromatic rings. The summed E-state index contributed by atoms with van der Waals surface area (Å²) in [5.41, 5.74) is 0.851. The summed E-state index contributed by atoms with van der Waals surface area (Å²) in [5.74, 6) is -0.600. The fourth-order valence-electron chi connectivity index (χ4n) is 0.865. The van der Waals surface area contributed by atoms with Crippen molar-refractivity contribution >= 4 is 17.6 Å². The lowest BCUT2D eigenvalue weighted by molar-refractivity contribution is -0.134. The molecule has 1 rings (SSSR count). The van der Waals surface area contributed by atoms with Crippen molar-refractivity contribution in [3.8, 4) is 5.75 Å². The Morgan fingerprint density at radius 1 is 1.60 bits per heavy atom. The van der Waals surface area contributed by atoms with E-state index in [9.17, 15) is 5.11 Å². The number of aromatic hydroxyl groups is 1. The van der Waals surface area contributed by atoms with E-state index in [4.69, 9.17) is 21.5 Å². The SMILES string of the molecule is C=CCc1ccc(Cl)cc1O.CC(=O)O. The van der Waals surface area contributed by atoms with Gasteiger partial charge in [-0.3, -0.25) is 4.79 Å². The number of hydrogen-bond acceptors (Lipinski definition) is 2. The molecule has 0 atom stereocenters. The van der Waals surface area contributed by atoms with Gasteiger partial charge in [0.1, 0.15) is 5.75 Å². The van der Waals surface area contributed by atoms with Gasteiger partial charge in [0.25, 0.3) is 5.97 Å². The van der Waals surface area contributed by atoms with E-state index >= 15 is 0 Å². The molecule has 0 aliphatic heterocycles. The molecule has 15 heavy (non-hydrogen) atoms. The third kappa shape index (κ3) is 6.57. The first-order chi connectivity index (χ1) is 6.97. The molecular weight excluding hydrogens is 216 g/mol. The number of phenolic OH excluding ortho intramolecular Hbond substituents is 1. The number of allylic oxidation sites excluding steroid dienone is 1. The summed E-state index contributed by atoms with van der Waals surface area (Å²) >= 11 is 5.63. The molecule has 0 bridgehead atoms. The highest BCUT2D eigenvalue weighted by Crippen LogP contribution is 2.22. The van der Waals surface area contributed by atoms with Crippen LogP contribution in [0.4, 0.5) is 0 Å². The molecule has 0 saturated carbocycles. The van der Waals surface area contributed by atoms with E-state index in [1.54, 1.807) is 18.2 Å². The van der Waals surface area contributed by atoms with Gasteiger partial charge in [-0.1, -0.05) is 23.7 Å². The van der Waals surface area contributed by atoms with Crippen molar-refractivity contribution in [1.29, 1.82) is 0 Å². The second-order valence-electron chi connectivity index (χ2n) is 2.78. The lowest BCUT2D eigenvalue weighted by Crippen LogP contribution is -1.80. The van der Waals surface area contributed by atoms with E-state index in [-0.39, 0.29) is 5.75 Å². The van der Waals surface area contributed by atoms with Gasteiger partial charge in [0.2, 0.25) is 0 Å². The maximum atomic E-state index is 9.29. The van der Waals surface area contributed by atoms with Crippen LogP contribution in [0.1, 0.15) is 12.5 Å². The smallest absolute Gasteiger partial charge is 0.300 e. The summed E-state index contributed by atoms with van der Waals surface area (Å²) in [6.07, 6.45) is 2.41. The van der Waals surface area contributed by atoms with Crippen molar-refractivity contribution in [3.05, 3.63) is 41.4 Å². The lowest BCUT2D eigenvalue weighted by Gasteiger charge is -2.00. The Hall–Kier alpha value is -1.48. The number of carboxylic acid groups (broad SMARTS) is 1. The maximum Gasteiger partial charge on any atom is 0.300 e. The Morgan fingerprint density at radius 2 is 2.13 bits per heavy atom. The van der Waals surface area contributed by atoms with Crippen LogP contribution in [0.2, 0.25) is 5.02 Å². The van der Waals surface area contributed by atoms with Crippen LogP contribution in [-0.4, -0.2) is 16.2 Å². The summed E-state index contributed by atoms with van der Waals surface area (Å²) in [6.45, 7) is 4.66. The molecule has 0 amide bonds. The standard InChI is InChI=1S/C9H9ClO.C2H4O2/c1-2-3-7-4-5-8(10)6-9(7)11;1-2(3)4/h2,4-6,11H,1,3H2;1H3,(H,3,4). The van der Waals surface area contributed by atoms with Gasteiger partial charge in [0, 0.05) is 11.9 Å². The highest BCUT2D eigenvalue weighted by Gasteiger charge is 1.98. The van der Waals surface area contributed by atoms with Gasteiger partial charge in [-0.05, 0) is 24.1 Å². The fraction of sp³-hybridized carbons (Fsp3) is 0.182. The van der Waals surface area contributed by atoms with Crippen LogP contribution in [0.3, 0.4) is 0 Å². The lowest BCUT2D eigenvalue weighted by atomic mass is 10.1. The minimum Gasteiger partial charge on any atom is -0.508 e. The van der Waals surface area contributed by atoms with Crippen molar-refractivity contribution in [3.63, 3.8) is 0 Å². The van der Waals surface area contributed by atoms with Crippen LogP contribution in [0.5, 0.6) is 5.75 Å². The maximum absolute atomic E-state index is 9.29. The van der Waals surface area contributed by atoms with Crippen molar-refractivity contribution < 1.29 is 15.0 Å². The molecule has 0 aromatic heterocycles. The predicted octanol–water partition coefficient (Wildman–Crippen LogP) is 2.87. The zero-order chi connectivity index (χ0) is 11.8. The average Bonchev–Trinajstić information content (AvgIpc) is 2.09. The first-order valence-electron chi connectivity index (χ1n) is 4.25. The summed E-state index contributed by atoms with van der Waals surface area (Å²) in [7, 11) is 0. The molecule has 0 aliphatic rings. The second-order valence-corrected chi connectivity index (χ2v) is 3.22. The highest BCUT2D eigenvalue weighted by molar-refractivity contribution is 6.30. The Kier molecular flexibility index (Phi) is 6.22. The molecule has 4 heteroatoms. The first kappa shape index (κ1) is 13.5. The van der Waals surface area contributed by atoms with Gasteiger partial charge in [-0.2, -0.15) is 0 Å². The molecule has 0 unspecified atom stereocenters. The van der Waals surface area contributed by atoms with Crippen molar-refractivity contribution in [1.82, 2.24) is 0 Å². The number of hydrogen-bond donors (Lipinski definition) is 2. The Morgan fingerprint density at radius 3 is 2.53 bits per heavy atom. The van der Waals surface area contributed by atoms with Crippen LogP contribution >= 0.6 is 11.6 Å². The Bertz CT molecular complexity index is 344. The molecule has 0 heterocycles. The van der Waals surface area contributed by atoms with Crippen LogP contribution in [-0.2, 0) is 11.2 Å². The molecule has 3 nitrogen and oxygen atoms in total. The number of phenols is 1. The van der Waals surface area contributed by atoms with E-state index in [0.29, 0.717) is 11.4 Å². The number of rotatable bonds is 2. The number of benzene rings is 1. The zero-order valence-electron chi connectivity index (χ0n) is 8.40. The third-order valence-corrected chi connectivity index (χ3v) is 1.65. The Balaban J connectivity index is 0.000000423. The minimum atomic E-state index is -0.833. The number of halogens is 1. The van der Waals surface area contributed by atoms with Crippen LogP contribution < -0.4 is 0 Å². The van der Waals surface area contributed by atoms with Gasteiger partial charge >= 0.3 is 0 Å². The Labute approximate surface area is 93.6 Å². The average molecular weight is 229 g/mol. The van der Waals surface area contributed by atoms with Gasteiger partial charge < -0.3 is 10.2 Å². The molecule has 0 spiro atoms. The summed E-state index contributed by atoms with van der Waals surface area (Å²) in [5, 5.41) is 17.3. The van der Waals surface area contributed by atoms with E-state index in [1.807, 2.05) is 0 Å². The molecule has 0 radical (unpaired) electrons. The molecule has 2 N–H and O–H groups in total. The van der Waals surface area contributed by atoms with Gasteiger partial charge in [0.15, 0.2) is 0 Å². The van der Waals surface area contributed by atoms with Crippen molar-refractivity contribution in [2.24, 2.45) is 0 Å². The molecule has 1 aromatic carbocycles. The summed E-state index contributed by atoms with van der Waals surface area (Å²) < 4.78 is 0. The predicted molar refractivity (Wildman–Crippen MR) is 60.3 cm³/mol. The number of aliphatic carboxylic acids is 1. The molecule has 0 saturated heterocycles. The molecular formula is C11H13ClO3. The first-order valence-corrected chi connectivity index (χ1v) is 4.63. The zero-order valence-corrected chi connectivity index (χ0v) is 9.16.